The summed E-state index contributed by atoms with van der Waals surface area (Å²) in [6.07, 6.45) is 1.91. The van der Waals surface area contributed by atoms with Gasteiger partial charge in [0, 0.05) is 23.2 Å². The Morgan fingerprint density at radius 3 is 2.68 bits per heavy atom. The molecule has 1 atom stereocenters. The zero-order valence-electron chi connectivity index (χ0n) is 19.2. The van der Waals surface area contributed by atoms with Crippen LogP contribution in [-0.2, 0) is 21.5 Å². The maximum atomic E-state index is 13.5. The Balaban J connectivity index is 1.36. The number of aromatic nitrogens is 1. The quantitative estimate of drug-likeness (QED) is 0.542. The van der Waals surface area contributed by atoms with Gasteiger partial charge in [-0.3, -0.25) is 14.5 Å². The van der Waals surface area contributed by atoms with Gasteiger partial charge in [-0.2, -0.15) is 0 Å². The third kappa shape index (κ3) is 3.68. The van der Waals surface area contributed by atoms with Crippen LogP contribution in [0.5, 0.6) is 0 Å². The Hall–Kier alpha value is -3.52. The van der Waals surface area contributed by atoms with E-state index in [1.165, 1.54) is 0 Å². The summed E-state index contributed by atoms with van der Waals surface area (Å²) in [7, 11) is 0. The molecule has 2 aliphatic heterocycles. The van der Waals surface area contributed by atoms with E-state index in [4.69, 9.17) is 0 Å². The molecule has 1 unspecified atom stereocenters. The van der Waals surface area contributed by atoms with E-state index < -0.39 is 11.6 Å². The second-order valence-electron chi connectivity index (χ2n) is 8.73. The summed E-state index contributed by atoms with van der Waals surface area (Å²) in [6, 6.07) is 14.7. The molecule has 0 radical (unpaired) electrons. The van der Waals surface area contributed by atoms with Crippen LogP contribution in [0, 0.1) is 6.92 Å². The van der Waals surface area contributed by atoms with Crippen LogP contribution in [0.3, 0.4) is 0 Å². The molecular formula is C26H26N4O3S. The number of benzene rings is 2. The maximum absolute atomic E-state index is 13.5. The van der Waals surface area contributed by atoms with Gasteiger partial charge in [0.25, 0.3) is 5.91 Å². The number of carbonyl (C=O) groups is 3. The molecule has 0 spiro atoms. The number of aryl methyl sites for hydroxylation is 1. The molecule has 3 heterocycles. The molecule has 1 fully saturated rings. The standard InChI is InChI=1S/C26H26N4O3S/c1-3-12-26(20-7-5-4-6-8-20)24(32)30(25(33)28-26)15-23(31)29-13-11-19-14-18(9-10-22(19)29)21-16-34-17(2)27-21/h4-10,14,16H,3,11-13,15H2,1-2H3,(H,28,33). The molecule has 1 aromatic heterocycles. The van der Waals surface area contributed by atoms with E-state index in [0.29, 0.717) is 19.4 Å². The largest absolute Gasteiger partial charge is 0.325 e. The fourth-order valence-electron chi connectivity index (χ4n) is 4.91. The van der Waals surface area contributed by atoms with Gasteiger partial charge in [0.05, 0.1) is 10.7 Å². The molecule has 174 valence electrons. The Bertz CT molecular complexity index is 1270. The number of nitrogens with one attached hydrogen (secondary N) is 1. The number of hydrogen-bond donors (Lipinski definition) is 1. The lowest BCUT2D eigenvalue weighted by Crippen LogP contribution is -2.45. The lowest BCUT2D eigenvalue weighted by Gasteiger charge is -2.27. The molecule has 4 amide bonds. The number of nitrogens with zero attached hydrogens (tertiary/aromatic N) is 3. The number of hydrogen-bond acceptors (Lipinski definition) is 5. The number of anilines is 1. The normalized spacial score (nSPS) is 19.5. The minimum absolute atomic E-state index is 0.264. The van der Waals surface area contributed by atoms with Crippen molar-refractivity contribution < 1.29 is 14.4 Å². The SMILES string of the molecule is CCCC1(c2ccccc2)NC(=O)N(CC(=O)N2CCc3cc(-c4csc(C)n4)ccc32)C1=O. The molecule has 2 aliphatic rings. The third-order valence-electron chi connectivity index (χ3n) is 6.55. The number of thiazole rings is 1. The van der Waals surface area contributed by atoms with E-state index in [1.807, 2.05) is 61.7 Å². The summed E-state index contributed by atoms with van der Waals surface area (Å²) in [4.78, 5) is 46.9. The zero-order chi connectivity index (χ0) is 23.9. The Morgan fingerprint density at radius 1 is 1.18 bits per heavy atom. The van der Waals surface area contributed by atoms with Crippen LogP contribution in [0.15, 0.2) is 53.9 Å². The van der Waals surface area contributed by atoms with E-state index in [-0.39, 0.29) is 18.4 Å². The van der Waals surface area contributed by atoms with E-state index in [0.717, 1.165) is 44.4 Å². The highest BCUT2D eigenvalue weighted by molar-refractivity contribution is 7.09. The van der Waals surface area contributed by atoms with Crippen molar-refractivity contribution >= 4 is 34.9 Å². The lowest BCUT2D eigenvalue weighted by molar-refractivity contribution is -0.134. The molecular weight excluding hydrogens is 448 g/mol. The monoisotopic (exact) mass is 474 g/mol. The van der Waals surface area contributed by atoms with E-state index >= 15 is 0 Å². The zero-order valence-corrected chi connectivity index (χ0v) is 20.0. The van der Waals surface area contributed by atoms with Crippen LogP contribution in [0.1, 0.15) is 35.9 Å². The second-order valence-corrected chi connectivity index (χ2v) is 9.80. The van der Waals surface area contributed by atoms with Crippen molar-refractivity contribution in [3.8, 4) is 11.3 Å². The number of rotatable bonds is 6. The topological polar surface area (TPSA) is 82.6 Å². The number of amides is 4. The number of urea groups is 1. The van der Waals surface area contributed by atoms with Crippen molar-refractivity contribution in [1.29, 1.82) is 0 Å². The van der Waals surface area contributed by atoms with Gasteiger partial charge in [-0.1, -0.05) is 49.7 Å². The first-order valence-electron chi connectivity index (χ1n) is 11.5. The Morgan fingerprint density at radius 2 is 1.97 bits per heavy atom. The third-order valence-corrected chi connectivity index (χ3v) is 7.33. The fourth-order valence-corrected chi connectivity index (χ4v) is 5.54. The average molecular weight is 475 g/mol. The van der Waals surface area contributed by atoms with E-state index in [1.54, 1.807) is 16.2 Å². The van der Waals surface area contributed by atoms with Crippen LogP contribution < -0.4 is 10.2 Å². The van der Waals surface area contributed by atoms with Crippen molar-refractivity contribution in [2.45, 2.75) is 38.6 Å². The molecule has 3 aromatic rings. The van der Waals surface area contributed by atoms with E-state index in [2.05, 4.69) is 16.4 Å². The smallest absolute Gasteiger partial charge is 0.319 e. The van der Waals surface area contributed by atoms with E-state index in [9.17, 15) is 14.4 Å². The summed E-state index contributed by atoms with van der Waals surface area (Å²) in [5, 5.41) is 5.93. The van der Waals surface area contributed by atoms with Gasteiger partial charge < -0.3 is 10.2 Å². The van der Waals surface area contributed by atoms with Crippen LogP contribution in [0.4, 0.5) is 10.5 Å². The molecule has 7 nitrogen and oxygen atoms in total. The molecule has 34 heavy (non-hydrogen) atoms. The molecule has 2 aromatic carbocycles. The summed E-state index contributed by atoms with van der Waals surface area (Å²) in [5.41, 5.74) is 3.47. The highest BCUT2D eigenvalue weighted by Gasteiger charge is 2.52. The molecule has 0 saturated carbocycles. The maximum Gasteiger partial charge on any atom is 0.325 e. The first-order chi connectivity index (χ1) is 16.4. The molecule has 1 saturated heterocycles. The summed E-state index contributed by atoms with van der Waals surface area (Å²) >= 11 is 1.61. The Kier molecular flexibility index (Phi) is 5.69. The highest BCUT2D eigenvalue weighted by atomic mass is 32.1. The molecule has 0 aliphatic carbocycles. The number of carbonyl (C=O) groups excluding carboxylic acids is 3. The number of imide groups is 1. The Labute approximate surface area is 202 Å². The first kappa shape index (κ1) is 22.3. The predicted molar refractivity (Wildman–Crippen MR) is 132 cm³/mol. The fraction of sp³-hybridized carbons (Fsp3) is 0.308. The van der Waals surface area contributed by atoms with Crippen molar-refractivity contribution in [2.24, 2.45) is 0 Å². The predicted octanol–water partition coefficient (Wildman–Crippen LogP) is 4.26. The van der Waals surface area contributed by atoms with Gasteiger partial charge in [0.15, 0.2) is 0 Å². The van der Waals surface area contributed by atoms with Gasteiger partial charge in [0.2, 0.25) is 5.91 Å². The molecule has 8 heteroatoms. The van der Waals surface area contributed by atoms with Crippen molar-refractivity contribution in [3.05, 3.63) is 70.0 Å². The lowest BCUT2D eigenvalue weighted by atomic mass is 9.85. The van der Waals surface area contributed by atoms with Crippen LogP contribution in [0.25, 0.3) is 11.3 Å². The van der Waals surface area contributed by atoms with Crippen molar-refractivity contribution in [2.75, 3.05) is 18.0 Å². The molecule has 5 rings (SSSR count). The van der Waals surface area contributed by atoms with Gasteiger partial charge in [-0.15, -0.1) is 11.3 Å². The number of fused-ring (bicyclic) bond motifs is 1. The minimum atomic E-state index is -1.13. The van der Waals surface area contributed by atoms with Crippen molar-refractivity contribution in [3.63, 3.8) is 0 Å². The summed E-state index contributed by atoms with van der Waals surface area (Å²) < 4.78 is 0. The summed E-state index contributed by atoms with van der Waals surface area (Å²) in [5.74, 6) is -0.632. The molecule has 0 bridgehead atoms. The first-order valence-corrected chi connectivity index (χ1v) is 12.4. The highest BCUT2D eigenvalue weighted by Crippen LogP contribution is 2.35. The van der Waals surface area contributed by atoms with Gasteiger partial charge in [-0.25, -0.2) is 9.78 Å². The van der Waals surface area contributed by atoms with Crippen LogP contribution in [0.2, 0.25) is 0 Å². The second kappa shape index (κ2) is 8.68. The van der Waals surface area contributed by atoms with Crippen LogP contribution >= 0.6 is 11.3 Å². The van der Waals surface area contributed by atoms with Gasteiger partial charge in [0.1, 0.15) is 12.1 Å². The van der Waals surface area contributed by atoms with Gasteiger partial charge in [-0.05, 0) is 43.0 Å². The van der Waals surface area contributed by atoms with Gasteiger partial charge >= 0.3 is 6.03 Å². The minimum Gasteiger partial charge on any atom is -0.319 e. The van der Waals surface area contributed by atoms with Crippen molar-refractivity contribution in [1.82, 2.24) is 15.2 Å². The average Bonchev–Trinajstić information content (AvgIpc) is 3.53. The molecule has 1 N–H and O–H groups in total. The summed E-state index contributed by atoms with van der Waals surface area (Å²) in [6.45, 7) is 4.19. The van der Waals surface area contributed by atoms with Crippen LogP contribution in [-0.4, -0.2) is 40.8 Å².